The van der Waals surface area contributed by atoms with Gasteiger partial charge in [-0.05, 0) is 23.8 Å². The summed E-state index contributed by atoms with van der Waals surface area (Å²) >= 11 is 1.20. The molecule has 1 aromatic carbocycles. The normalized spacial score (nSPS) is 15.4. The summed E-state index contributed by atoms with van der Waals surface area (Å²) in [5, 5.41) is 0. The van der Waals surface area contributed by atoms with Crippen molar-refractivity contribution in [2.45, 2.75) is 13.1 Å². The van der Waals surface area contributed by atoms with E-state index in [0.717, 1.165) is 48.7 Å². The van der Waals surface area contributed by atoms with Crippen molar-refractivity contribution < 1.29 is 13.9 Å². The van der Waals surface area contributed by atoms with Crippen LogP contribution in [-0.4, -0.2) is 57.8 Å². The van der Waals surface area contributed by atoms with Gasteiger partial charge in [0.2, 0.25) is 0 Å². The first-order valence-electron chi connectivity index (χ1n) is 8.53. The summed E-state index contributed by atoms with van der Waals surface area (Å²) in [7, 11) is 1.79. The van der Waals surface area contributed by atoms with Gasteiger partial charge in [0, 0.05) is 26.7 Å². The summed E-state index contributed by atoms with van der Waals surface area (Å²) in [5.41, 5.74) is 3.35. The number of carbonyl (C=O) groups is 1. The van der Waals surface area contributed by atoms with E-state index in [1.165, 1.54) is 11.7 Å². The third-order valence-electron chi connectivity index (χ3n) is 4.47. The number of hydrogen-bond donors (Lipinski definition) is 0. The van der Waals surface area contributed by atoms with E-state index in [2.05, 4.69) is 13.6 Å². The Morgan fingerprint density at radius 3 is 2.88 bits per heavy atom. The highest BCUT2D eigenvalue weighted by Crippen LogP contribution is 2.17. The molecule has 7 nitrogen and oxygen atoms in total. The Morgan fingerprint density at radius 1 is 1.23 bits per heavy atom. The summed E-state index contributed by atoms with van der Waals surface area (Å²) in [6.45, 7) is 4.47. The van der Waals surface area contributed by atoms with Crippen LogP contribution in [0.4, 0.5) is 0 Å². The molecule has 136 valence electrons. The molecule has 0 saturated carbocycles. The number of carbonyl (C=O) groups excluding carboxylic acids is 1. The SMILES string of the molecule is CN(Cc1ccc2nsnc2c1)C(=O)c1coc(CN2CCOCC2)c1. The molecule has 1 aliphatic rings. The van der Waals surface area contributed by atoms with E-state index < -0.39 is 0 Å². The molecule has 4 rings (SSSR count). The highest BCUT2D eigenvalue weighted by Gasteiger charge is 2.18. The Morgan fingerprint density at radius 2 is 2.04 bits per heavy atom. The van der Waals surface area contributed by atoms with Crippen LogP contribution in [-0.2, 0) is 17.8 Å². The lowest BCUT2D eigenvalue weighted by Crippen LogP contribution is -2.35. The van der Waals surface area contributed by atoms with E-state index in [1.807, 2.05) is 24.3 Å². The van der Waals surface area contributed by atoms with E-state index in [1.54, 1.807) is 18.2 Å². The summed E-state index contributed by atoms with van der Waals surface area (Å²) in [6, 6.07) is 7.72. The molecule has 3 heterocycles. The van der Waals surface area contributed by atoms with Crippen molar-refractivity contribution >= 4 is 28.7 Å². The zero-order valence-corrected chi connectivity index (χ0v) is 15.4. The number of ether oxygens (including phenoxy) is 1. The van der Waals surface area contributed by atoms with Crippen LogP contribution in [0.3, 0.4) is 0 Å². The molecular formula is C18H20N4O3S. The third kappa shape index (κ3) is 3.77. The largest absolute Gasteiger partial charge is 0.467 e. The molecule has 1 fully saturated rings. The Labute approximate surface area is 155 Å². The van der Waals surface area contributed by atoms with E-state index in [0.29, 0.717) is 18.7 Å². The summed E-state index contributed by atoms with van der Waals surface area (Å²) in [6.07, 6.45) is 1.54. The van der Waals surface area contributed by atoms with Crippen LogP contribution in [0.25, 0.3) is 11.0 Å². The predicted octanol–water partition coefficient (Wildman–Crippen LogP) is 2.39. The van der Waals surface area contributed by atoms with Crippen molar-refractivity contribution in [1.82, 2.24) is 18.5 Å². The van der Waals surface area contributed by atoms with Gasteiger partial charge in [-0.2, -0.15) is 8.75 Å². The number of hydrogen-bond acceptors (Lipinski definition) is 7. The third-order valence-corrected chi connectivity index (χ3v) is 5.03. The zero-order chi connectivity index (χ0) is 17.9. The van der Waals surface area contributed by atoms with Gasteiger partial charge in [-0.15, -0.1) is 0 Å². The first kappa shape index (κ1) is 17.1. The van der Waals surface area contributed by atoms with Gasteiger partial charge in [-0.1, -0.05) is 6.07 Å². The van der Waals surface area contributed by atoms with Gasteiger partial charge in [-0.3, -0.25) is 9.69 Å². The number of morpholine rings is 1. The molecule has 8 heteroatoms. The van der Waals surface area contributed by atoms with E-state index in [-0.39, 0.29) is 5.91 Å². The van der Waals surface area contributed by atoms with E-state index in [9.17, 15) is 4.79 Å². The Balaban J connectivity index is 1.39. The van der Waals surface area contributed by atoms with Crippen LogP contribution >= 0.6 is 11.7 Å². The fraction of sp³-hybridized carbons (Fsp3) is 0.389. The first-order valence-corrected chi connectivity index (χ1v) is 9.26. The topological polar surface area (TPSA) is 71.7 Å². The van der Waals surface area contributed by atoms with Crippen molar-refractivity contribution in [2.24, 2.45) is 0 Å². The van der Waals surface area contributed by atoms with E-state index in [4.69, 9.17) is 9.15 Å². The van der Waals surface area contributed by atoms with Gasteiger partial charge < -0.3 is 14.1 Å². The van der Waals surface area contributed by atoms with Gasteiger partial charge in [0.15, 0.2) is 0 Å². The highest BCUT2D eigenvalue weighted by molar-refractivity contribution is 7.00. The van der Waals surface area contributed by atoms with Crippen molar-refractivity contribution in [3.63, 3.8) is 0 Å². The molecule has 0 N–H and O–H groups in total. The van der Waals surface area contributed by atoms with Crippen LogP contribution in [0.2, 0.25) is 0 Å². The maximum atomic E-state index is 12.7. The van der Waals surface area contributed by atoms with Crippen LogP contribution < -0.4 is 0 Å². The number of rotatable bonds is 5. The van der Waals surface area contributed by atoms with Crippen molar-refractivity contribution in [3.8, 4) is 0 Å². The number of benzene rings is 1. The van der Waals surface area contributed by atoms with Crippen molar-refractivity contribution in [1.29, 1.82) is 0 Å². The highest BCUT2D eigenvalue weighted by atomic mass is 32.1. The Hall–Kier alpha value is -2.29. The van der Waals surface area contributed by atoms with Gasteiger partial charge in [0.1, 0.15) is 23.1 Å². The minimum atomic E-state index is -0.0570. The van der Waals surface area contributed by atoms with Crippen molar-refractivity contribution in [2.75, 3.05) is 33.4 Å². The molecule has 0 radical (unpaired) electrons. The molecule has 1 amide bonds. The average Bonchev–Trinajstić information content (AvgIpc) is 3.31. The number of furan rings is 1. The number of amides is 1. The molecule has 0 unspecified atom stereocenters. The second kappa shape index (κ2) is 7.53. The second-order valence-electron chi connectivity index (χ2n) is 6.44. The molecule has 0 atom stereocenters. The standard InChI is InChI=1S/C18H20N4O3S/c1-21(10-13-2-3-16-17(8-13)20-26-19-16)18(23)14-9-15(25-12-14)11-22-4-6-24-7-5-22/h2-3,8-9,12H,4-7,10-11H2,1H3. The lowest BCUT2D eigenvalue weighted by atomic mass is 10.2. The lowest BCUT2D eigenvalue weighted by molar-refractivity contribution is 0.0313. The fourth-order valence-electron chi connectivity index (χ4n) is 3.05. The van der Waals surface area contributed by atoms with Gasteiger partial charge in [-0.25, -0.2) is 0 Å². The molecule has 2 aromatic heterocycles. The van der Waals surface area contributed by atoms with Crippen molar-refractivity contribution in [3.05, 3.63) is 47.4 Å². The minimum absolute atomic E-state index is 0.0570. The number of aromatic nitrogens is 2. The maximum absolute atomic E-state index is 12.7. The van der Waals surface area contributed by atoms with Crippen LogP contribution in [0.5, 0.6) is 0 Å². The Kier molecular flexibility index (Phi) is 4.96. The molecule has 26 heavy (non-hydrogen) atoms. The molecule has 1 aliphatic heterocycles. The van der Waals surface area contributed by atoms with Crippen LogP contribution in [0.1, 0.15) is 21.7 Å². The molecule has 0 spiro atoms. The maximum Gasteiger partial charge on any atom is 0.257 e. The summed E-state index contributed by atoms with van der Waals surface area (Å²) < 4.78 is 19.4. The predicted molar refractivity (Wildman–Crippen MR) is 98.0 cm³/mol. The van der Waals surface area contributed by atoms with Crippen LogP contribution in [0, 0.1) is 0 Å². The molecule has 0 aliphatic carbocycles. The first-order chi connectivity index (χ1) is 12.7. The second-order valence-corrected chi connectivity index (χ2v) is 6.97. The quantitative estimate of drug-likeness (QED) is 0.685. The molecule has 0 bridgehead atoms. The van der Waals surface area contributed by atoms with Gasteiger partial charge >= 0.3 is 0 Å². The number of fused-ring (bicyclic) bond motifs is 1. The van der Waals surface area contributed by atoms with Crippen LogP contribution in [0.15, 0.2) is 34.9 Å². The van der Waals surface area contributed by atoms with E-state index >= 15 is 0 Å². The smallest absolute Gasteiger partial charge is 0.257 e. The fourth-order valence-corrected chi connectivity index (χ4v) is 3.56. The average molecular weight is 372 g/mol. The minimum Gasteiger partial charge on any atom is -0.467 e. The zero-order valence-electron chi connectivity index (χ0n) is 14.6. The summed E-state index contributed by atoms with van der Waals surface area (Å²) in [5.74, 6) is 0.747. The molecule has 1 saturated heterocycles. The molecule has 3 aromatic rings. The van der Waals surface area contributed by atoms with Gasteiger partial charge in [0.05, 0.1) is 37.1 Å². The number of nitrogens with zero attached hydrogens (tertiary/aromatic N) is 4. The Bertz CT molecular complexity index is 901. The molecular weight excluding hydrogens is 352 g/mol. The van der Waals surface area contributed by atoms with Gasteiger partial charge in [0.25, 0.3) is 5.91 Å². The summed E-state index contributed by atoms with van der Waals surface area (Å²) in [4.78, 5) is 16.6. The lowest BCUT2D eigenvalue weighted by Gasteiger charge is -2.25. The monoisotopic (exact) mass is 372 g/mol.